The summed E-state index contributed by atoms with van der Waals surface area (Å²) in [6, 6.07) is 1.79. The van der Waals surface area contributed by atoms with Gasteiger partial charge in [0.25, 0.3) is 5.91 Å². The fourth-order valence-corrected chi connectivity index (χ4v) is 2.23. The lowest BCUT2D eigenvalue weighted by Gasteiger charge is -2.32. The number of ether oxygens (including phenoxy) is 1. The molecule has 0 saturated carbocycles. The van der Waals surface area contributed by atoms with Crippen molar-refractivity contribution in [1.82, 2.24) is 15.1 Å². The second-order valence-corrected chi connectivity index (χ2v) is 4.82. The number of aromatic nitrogens is 2. The zero-order chi connectivity index (χ0) is 13.0. The Morgan fingerprint density at radius 3 is 3.17 bits per heavy atom. The molecule has 0 radical (unpaired) electrons. The third kappa shape index (κ3) is 3.10. The maximum Gasteiger partial charge on any atom is 0.274 e. The van der Waals surface area contributed by atoms with E-state index in [9.17, 15) is 4.79 Å². The summed E-state index contributed by atoms with van der Waals surface area (Å²) in [5.41, 5.74) is 1.41. The van der Waals surface area contributed by atoms with Crippen molar-refractivity contribution in [3.8, 4) is 0 Å². The van der Waals surface area contributed by atoms with Gasteiger partial charge in [-0.15, -0.1) is 0 Å². The van der Waals surface area contributed by atoms with E-state index < -0.39 is 0 Å². The van der Waals surface area contributed by atoms with Crippen LogP contribution in [0, 0.1) is 6.92 Å². The molecular weight excluding hydrogens is 230 g/mol. The van der Waals surface area contributed by atoms with Gasteiger partial charge in [-0.1, -0.05) is 6.92 Å². The third-order valence-electron chi connectivity index (χ3n) is 3.15. The summed E-state index contributed by atoms with van der Waals surface area (Å²) in [7, 11) is 0. The molecule has 1 N–H and O–H groups in total. The van der Waals surface area contributed by atoms with Crippen molar-refractivity contribution in [3.63, 3.8) is 0 Å². The zero-order valence-electron chi connectivity index (χ0n) is 11.1. The average Bonchev–Trinajstić information content (AvgIpc) is 2.82. The summed E-state index contributed by atoms with van der Waals surface area (Å²) in [4.78, 5) is 14.1. The molecule has 5 nitrogen and oxygen atoms in total. The summed E-state index contributed by atoms with van der Waals surface area (Å²) in [5, 5.41) is 6.83. The molecule has 1 saturated heterocycles. The van der Waals surface area contributed by atoms with Gasteiger partial charge in [-0.3, -0.25) is 9.89 Å². The van der Waals surface area contributed by atoms with E-state index in [-0.39, 0.29) is 12.0 Å². The number of rotatable bonds is 4. The van der Waals surface area contributed by atoms with Crippen LogP contribution in [0.2, 0.25) is 0 Å². The number of carbonyl (C=O) groups excluding carboxylic acids is 1. The molecule has 1 aliphatic heterocycles. The molecule has 0 aromatic carbocycles. The lowest BCUT2D eigenvalue weighted by Crippen LogP contribution is -2.43. The van der Waals surface area contributed by atoms with Gasteiger partial charge in [0.2, 0.25) is 0 Å². The Balaban J connectivity index is 1.94. The molecule has 100 valence electrons. The minimum atomic E-state index is 0.00384. The highest BCUT2D eigenvalue weighted by Crippen LogP contribution is 2.15. The maximum atomic E-state index is 12.2. The van der Waals surface area contributed by atoms with Gasteiger partial charge in [-0.05, 0) is 32.3 Å². The topological polar surface area (TPSA) is 58.2 Å². The molecule has 18 heavy (non-hydrogen) atoms. The SMILES string of the molecule is CCCO[C@@H]1CCCN(C(=O)c2cc(C)[nH]n2)C1. The van der Waals surface area contributed by atoms with Crippen molar-refractivity contribution >= 4 is 5.91 Å². The normalized spacial score (nSPS) is 20.1. The molecule has 1 fully saturated rings. The van der Waals surface area contributed by atoms with Crippen molar-refractivity contribution in [3.05, 3.63) is 17.5 Å². The fourth-order valence-electron chi connectivity index (χ4n) is 2.23. The standard InChI is InChI=1S/C13H21N3O2/c1-3-7-18-11-5-4-6-16(9-11)13(17)12-8-10(2)14-15-12/h8,11H,3-7,9H2,1-2H3,(H,14,15)/t11-/m1/s1. The Morgan fingerprint density at radius 2 is 2.50 bits per heavy atom. The lowest BCUT2D eigenvalue weighted by molar-refractivity contribution is 0.00192. The van der Waals surface area contributed by atoms with Gasteiger partial charge >= 0.3 is 0 Å². The number of H-pyrrole nitrogens is 1. The number of piperidine rings is 1. The summed E-state index contributed by atoms with van der Waals surface area (Å²) < 4.78 is 5.73. The van der Waals surface area contributed by atoms with E-state index in [2.05, 4.69) is 17.1 Å². The first-order valence-corrected chi connectivity index (χ1v) is 6.63. The van der Waals surface area contributed by atoms with Gasteiger partial charge in [0, 0.05) is 25.4 Å². The van der Waals surface area contributed by atoms with E-state index in [1.54, 1.807) is 6.07 Å². The molecule has 5 heteroatoms. The van der Waals surface area contributed by atoms with Crippen LogP contribution in [-0.4, -0.2) is 46.8 Å². The largest absolute Gasteiger partial charge is 0.376 e. The number of aryl methyl sites for hydroxylation is 1. The minimum absolute atomic E-state index is 0.00384. The first kappa shape index (κ1) is 13.1. The Kier molecular flexibility index (Phi) is 4.36. The van der Waals surface area contributed by atoms with E-state index in [1.807, 2.05) is 11.8 Å². The van der Waals surface area contributed by atoms with Crippen LogP contribution in [0.1, 0.15) is 42.4 Å². The van der Waals surface area contributed by atoms with E-state index in [1.165, 1.54) is 0 Å². The van der Waals surface area contributed by atoms with E-state index in [0.29, 0.717) is 12.2 Å². The average molecular weight is 251 g/mol. The van der Waals surface area contributed by atoms with Crippen LogP contribution in [0.3, 0.4) is 0 Å². The second kappa shape index (κ2) is 6.00. The smallest absolute Gasteiger partial charge is 0.274 e. The van der Waals surface area contributed by atoms with Crippen LogP contribution < -0.4 is 0 Å². The monoisotopic (exact) mass is 251 g/mol. The number of nitrogens with one attached hydrogen (secondary N) is 1. The minimum Gasteiger partial charge on any atom is -0.376 e. The zero-order valence-corrected chi connectivity index (χ0v) is 11.1. The number of nitrogens with zero attached hydrogens (tertiary/aromatic N) is 2. The Morgan fingerprint density at radius 1 is 1.67 bits per heavy atom. The molecule has 0 unspecified atom stereocenters. The Hall–Kier alpha value is -1.36. The van der Waals surface area contributed by atoms with Crippen LogP contribution in [0.4, 0.5) is 0 Å². The quantitative estimate of drug-likeness (QED) is 0.887. The van der Waals surface area contributed by atoms with Crippen LogP contribution in [0.5, 0.6) is 0 Å². The molecule has 0 aliphatic carbocycles. The first-order chi connectivity index (χ1) is 8.70. The third-order valence-corrected chi connectivity index (χ3v) is 3.15. The van der Waals surface area contributed by atoms with Gasteiger partial charge in [0.1, 0.15) is 5.69 Å². The van der Waals surface area contributed by atoms with Crippen LogP contribution in [0.25, 0.3) is 0 Å². The van der Waals surface area contributed by atoms with Gasteiger partial charge in [0.15, 0.2) is 0 Å². The highest BCUT2D eigenvalue weighted by Gasteiger charge is 2.25. The molecule has 0 bridgehead atoms. The van der Waals surface area contributed by atoms with Gasteiger partial charge in [-0.25, -0.2) is 0 Å². The molecule has 0 spiro atoms. The Bertz CT molecular complexity index is 403. The van der Waals surface area contributed by atoms with Crippen LogP contribution in [0.15, 0.2) is 6.07 Å². The van der Waals surface area contributed by atoms with Gasteiger partial charge < -0.3 is 9.64 Å². The number of hydrogen-bond donors (Lipinski definition) is 1. The van der Waals surface area contributed by atoms with Crippen LogP contribution >= 0.6 is 0 Å². The number of likely N-dealkylation sites (tertiary alicyclic amines) is 1. The highest BCUT2D eigenvalue weighted by atomic mass is 16.5. The van der Waals surface area contributed by atoms with Crippen molar-refractivity contribution in [2.45, 2.75) is 39.2 Å². The molecule has 1 aliphatic rings. The summed E-state index contributed by atoms with van der Waals surface area (Å²) in [5.74, 6) is 0.00384. The van der Waals surface area contributed by atoms with Crippen molar-refractivity contribution in [2.24, 2.45) is 0 Å². The second-order valence-electron chi connectivity index (χ2n) is 4.82. The summed E-state index contributed by atoms with van der Waals surface area (Å²) in [6.45, 7) is 6.25. The molecule has 1 amide bonds. The van der Waals surface area contributed by atoms with E-state index in [0.717, 1.165) is 38.1 Å². The van der Waals surface area contributed by atoms with Gasteiger partial charge in [-0.2, -0.15) is 5.10 Å². The molecule has 1 aromatic heterocycles. The lowest BCUT2D eigenvalue weighted by atomic mass is 10.1. The predicted molar refractivity (Wildman–Crippen MR) is 68.5 cm³/mol. The van der Waals surface area contributed by atoms with E-state index in [4.69, 9.17) is 4.74 Å². The van der Waals surface area contributed by atoms with Crippen molar-refractivity contribution in [2.75, 3.05) is 19.7 Å². The molecule has 1 atom stereocenters. The number of hydrogen-bond acceptors (Lipinski definition) is 3. The fraction of sp³-hybridized carbons (Fsp3) is 0.692. The first-order valence-electron chi connectivity index (χ1n) is 6.63. The van der Waals surface area contributed by atoms with Gasteiger partial charge in [0.05, 0.1) is 6.10 Å². The number of aromatic amines is 1. The number of amides is 1. The summed E-state index contributed by atoms with van der Waals surface area (Å²) >= 11 is 0. The Labute approximate surface area is 108 Å². The maximum absolute atomic E-state index is 12.2. The van der Waals surface area contributed by atoms with Crippen molar-refractivity contribution in [1.29, 1.82) is 0 Å². The summed E-state index contributed by atoms with van der Waals surface area (Å²) in [6.07, 6.45) is 3.25. The van der Waals surface area contributed by atoms with Crippen LogP contribution in [-0.2, 0) is 4.74 Å². The highest BCUT2D eigenvalue weighted by molar-refractivity contribution is 5.92. The predicted octanol–water partition coefficient (Wildman–Crippen LogP) is 1.75. The van der Waals surface area contributed by atoms with E-state index >= 15 is 0 Å². The molecule has 2 rings (SSSR count). The molecule has 2 heterocycles. The number of carbonyl (C=O) groups is 1. The molecular formula is C13H21N3O2. The molecule has 1 aromatic rings. The van der Waals surface area contributed by atoms with Crippen molar-refractivity contribution < 1.29 is 9.53 Å².